The van der Waals surface area contributed by atoms with Gasteiger partial charge in [-0.1, -0.05) is 30.1 Å². The first-order chi connectivity index (χ1) is 19.0. The molecular weight excluding hydrogens is 496 g/mol. The second kappa shape index (κ2) is 12.3. The molecule has 10 nitrogen and oxygen atoms in total. The minimum atomic E-state index is -0.373. The van der Waals surface area contributed by atoms with Gasteiger partial charge in [-0.15, -0.1) is 0 Å². The first-order valence-electron chi connectivity index (χ1n) is 13.8. The number of anilines is 1. The highest BCUT2D eigenvalue weighted by molar-refractivity contribution is 6.01. The van der Waals surface area contributed by atoms with E-state index in [-0.39, 0.29) is 47.2 Å². The molecule has 5 rings (SSSR count). The normalized spacial score (nSPS) is 24.8. The Hall–Kier alpha value is -3.97. The standard InChI is InChI=1S/C29H34N6O4/c30-18-20-7-9-21(10-8-20)28-16-25(39-33-28)17-29(36)32-27-6-2-1-5-26(27)31-22-4-3-15-34(19-22)23-11-13-24(14-12-23)35(37)38/h7-14,22,25-27,31H,1-6,15-17,19H2,(H,32,36)/t22?,25?,26-,27-/m1/s1. The molecule has 2 aromatic carbocycles. The first kappa shape index (κ1) is 26.6. The summed E-state index contributed by atoms with van der Waals surface area (Å²) in [7, 11) is 0. The Bertz CT molecular complexity index is 1240. The number of carbonyl (C=O) groups is 1. The van der Waals surface area contributed by atoms with Gasteiger partial charge in [-0.25, -0.2) is 0 Å². The smallest absolute Gasteiger partial charge is 0.269 e. The molecule has 2 heterocycles. The minimum absolute atomic E-state index is 0.0221. The number of nitrogens with one attached hydrogen (secondary N) is 2. The fourth-order valence-electron chi connectivity index (χ4n) is 5.86. The third-order valence-corrected chi connectivity index (χ3v) is 7.90. The Kier molecular flexibility index (Phi) is 8.37. The lowest BCUT2D eigenvalue weighted by Crippen LogP contribution is -2.57. The summed E-state index contributed by atoms with van der Waals surface area (Å²) in [6, 6.07) is 16.7. The number of non-ortho nitro benzene ring substituents is 1. The van der Waals surface area contributed by atoms with Crippen molar-refractivity contribution >= 4 is 23.0 Å². The topological polar surface area (TPSA) is 133 Å². The van der Waals surface area contributed by atoms with E-state index in [2.05, 4.69) is 26.8 Å². The fraction of sp³-hybridized carbons (Fsp3) is 0.483. The zero-order chi connectivity index (χ0) is 27.2. The summed E-state index contributed by atoms with van der Waals surface area (Å²) < 4.78 is 0. The van der Waals surface area contributed by atoms with E-state index in [0.717, 1.165) is 68.6 Å². The number of hydrogen-bond acceptors (Lipinski definition) is 8. The minimum Gasteiger partial charge on any atom is -0.391 e. The number of carbonyl (C=O) groups excluding carboxylic acids is 1. The number of benzene rings is 2. The molecule has 1 saturated heterocycles. The third kappa shape index (κ3) is 6.73. The van der Waals surface area contributed by atoms with Crippen molar-refractivity contribution in [3.8, 4) is 6.07 Å². The average molecular weight is 531 g/mol. The monoisotopic (exact) mass is 530 g/mol. The molecule has 3 aliphatic rings. The second-order valence-corrected chi connectivity index (χ2v) is 10.7. The summed E-state index contributed by atoms with van der Waals surface area (Å²) in [5.74, 6) is -0.0221. The van der Waals surface area contributed by atoms with E-state index in [1.807, 2.05) is 24.3 Å². The van der Waals surface area contributed by atoms with Crippen molar-refractivity contribution in [3.63, 3.8) is 0 Å². The molecular formula is C29H34N6O4. The van der Waals surface area contributed by atoms with Crippen LogP contribution in [0, 0.1) is 21.4 Å². The summed E-state index contributed by atoms with van der Waals surface area (Å²) in [5.41, 5.74) is 3.40. The molecule has 1 saturated carbocycles. The van der Waals surface area contributed by atoms with Crippen LogP contribution in [-0.4, -0.2) is 53.9 Å². The summed E-state index contributed by atoms with van der Waals surface area (Å²) in [6.45, 7) is 1.76. The molecule has 2 fully saturated rings. The first-order valence-corrected chi connectivity index (χ1v) is 13.8. The Balaban J connectivity index is 1.12. The third-order valence-electron chi connectivity index (χ3n) is 7.90. The maximum Gasteiger partial charge on any atom is 0.269 e. The van der Waals surface area contributed by atoms with Gasteiger partial charge in [0, 0.05) is 55.5 Å². The zero-order valence-electron chi connectivity index (χ0n) is 21.9. The number of rotatable bonds is 8. The summed E-state index contributed by atoms with van der Waals surface area (Å²) >= 11 is 0. The molecule has 2 aromatic rings. The lowest BCUT2D eigenvalue weighted by molar-refractivity contribution is -0.384. The van der Waals surface area contributed by atoms with Gasteiger partial charge in [0.1, 0.15) is 6.10 Å². The molecule has 0 spiro atoms. The highest BCUT2D eigenvalue weighted by atomic mass is 16.6. The van der Waals surface area contributed by atoms with Crippen LogP contribution in [0.2, 0.25) is 0 Å². The summed E-state index contributed by atoms with van der Waals surface area (Å²) in [5, 5.41) is 31.3. The van der Waals surface area contributed by atoms with E-state index in [0.29, 0.717) is 12.0 Å². The molecule has 10 heteroatoms. The number of piperidine rings is 1. The van der Waals surface area contributed by atoms with Crippen LogP contribution in [0.3, 0.4) is 0 Å². The largest absolute Gasteiger partial charge is 0.391 e. The highest BCUT2D eigenvalue weighted by Gasteiger charge is 2.32. The van der Waals surface area contributed by atoms with E-state index < -0.39 is 0 Å². The summed E-state index contributed by atoms with van der Waals surface area (Å²) in [4.78, 5) is 31.4. The molecule has 4 atom stereocenters. The van der Waals surface area contributed by atoms with Gasteiger partial charge < -0.3 is 20.4 Å². The fourth-order valence-corrected chi connectivity index (χ4v) is 5.86. The van der Waals surface area contributed by atoms with Crippen molar-refractivity contribution in [3.05, 3.63) is 69.8 Å². The molecule has 0 aromatic heterocycles. The Morgan fingerprint density at radius 1 is 1.08 bits per heavy atom. The summed E-state index contributed by atoms with van der Waals surface area (Å²) in [6.07, 6.45) is 6.82. The van der Waals surface area contributed by atoms with E-state index in [4.69, 9.17) is 10.1 Å². The molecule has 1 amide bonds. The van der Waals surface area contributed by atoms with Gasteiger partial charge in [-0.05, 0) is 55.5 Å². The van der Waals surface area contributed by atoms with Crippen LogP contribution in [0.5, 0.6) is 0 Å². The Labute approximate surface area is 228 Å². The predicted octanol–water partition coefficient (Wildman–Crippen LogP) is 4.04. The average Bonchev–Trinajstić information content (AvgIpc) is 3.42. The molecule has 2 aliphatic heterocycles. The molecule has 1 aliphatic carbocycles. The second-order valence-electron chi connectivity index (χ2n) is 10.7. The van der Waals surface area contributed by atoms with Gasteiger partial charge in [0.25, 0.3) is 5.69 Å². The number of nitriles is 1. The predicted molar refractivity (Wildman–Crippen MR) is 147 cm³/mol. The molecule has 0 bridgehead atoms. The molecule has 2 N–H and O–H groups in total. The number of nitro groups is 1. The van der Waals surface area contributed by atoms with Crippen LogP contribution < -0.4 is 15.5 Å². The van der Waals surface area contributed by atoms with Gasteiger partial charge >= 0.3 is 0 Å². The van der Waals surface area contributed by atoms with Crippen molar-refractivity contribution in [1.82, 2.24) is 10.6 Å². The van der Waals surface area contributed by atoms with Crippen LogP contribution >= 0.6 is 0 Å². The SMILES string of the molecule is N#Cc1ccc(C2=NOC(CC(=O)N[C@@H]3CCCC[C@H]3NC3CCCN(c4ccc([N+](=O)[O-])cc4)C3)C2)cc1. The Morgan fingerprint density at radius 2 is 1.82 bits per heavy atom. The van der Waals surface area contributed by atoms with Crippen LogP contribution in [0.4, 0.5) is 11.4 Å². The number of amides is 1. The number of oxime groups is 1. The number of hydrogen-bond donors (Lipinski definition) is 2. The lowest BCUT2D eigenvalue weighted by Gasteiger charge is -2.40. The molecule has 39 heavy (non-hydrogen) atoms. The van der Waals surface area contributed by atoms with Crippen molar-refractivity contribution in [2.24, 2.45) is 5.16 Å². The number of nitrogens with zero attached hydrogens (tertiary/aromatic N) is 4. The van der Waals surface area contributed by atoms with E-state index in [1.165, 1.54) is 0 Å². The van der Waals surface area contributed by atoms with Gasteiger partial charge in [0.05, 0.1) is 28.7 Å². The van der Waals surface area contributed by atoms with Crippen LogP contribution in [0.25, 0.3) is 0 Å². The highest BCUT2D eigenvalue weighted by Crippen LogP contribution is 2.26. The van der Waals surface area contributed by atoms with E-state index in [9.17, 15) is 14.9 Å². The quantitative estimate of drug-likeness (QED) is 0.389. The lowest BCUT2D eigenvalue weighted by atomic mass is 9.88. The number of nitro benzene ring substituents is 1. The zero-order valence-corrected chi connectivity index (χ0v) is 21.9. The Morgan fingerprint density at radius 3 is 2.54 bits per heavy atom. The van der Waals surface area contributed by atoms with Gasteiger partial charge in [0.15, 0.2) is 0 Å². The van der Waals surface area contributed by atoms with Gasteiger partial charge in [0.2, 0.25) is 5.91 Å². The van der Waals surface area contributed by atoms with Gasteiger partial charge in [-0.3, -0.25) is 14.9 Å². The van der Waals surface area contributed by atoms with E-state index in [1.54, 1.807) is 24.3 Å². The maximum absolute atomic E-state index is 13.0. The van der Waals surface area contributed by atoms with Crippen LogP contribution in [0.15, 0.2) is 53.7 Å². The van der Waals surface area contributed by atoms with Gasteiger partial charge in [-0.2, -0.15) is 5.26 Å². The van der Waals surface area contributed by atoms with Crippen molar-refractivity contribution in [2.75, 3.05) is 18.0 Å². The van der Waals surface area contributed by atoms with Crippen molar-refractivity contribution in [1.29, 1.82) is 5.26 Å². The van der Waals surface area contributed by atoms with Crippen molar-refractivity contribution < 1.29 is 14.6 Å². The van der Waals surface area contributed by atoms with Crippen LogP contribution in [0.1, 0.15) is 62.5 Å². The van der Waals surface area contributed by atoms with Crippen LogP contribution in [-0.2, 0) is 9.63 Å². The molecule has 204 valence electrons. The molecule has 2 unspecified atom stereocenters. The van der Waals surface area contributed by atoms with Crippen molar-refractivity contribution in [2.45, 2.75) is 75.6 Å². The van der Waals surface area contributed by atoms with E-state index >= 15 is 0 Å². The maximum atomic E-state index is 13.0. The molecule has 0 radical (unpaired) electrons.